The molecule has 0 bridgehead atoms. The van der Waals surface area contributed by atoms with Crippen molar-refractivity contribution in [2.75, 3.05) is 24.4 Å². The van der Waals surface area contributed by atoms with Gasteiger partial charge in [0.05, 0.1) is 19.7 Å². The number of anilines is 2. The van der Waals surface area contributed by atoms with Gasteiger partial charge in [-0.1, -0.05) is 50.6 Å². The first-order chi connectivity index (χ1) is 13.4. The van der Waals surface area contributed by atoms with Crippen LogP contribution in [0.15, 0.2) is 39.9 Å². The van der Waals surface area contributed by atoms with Gasteiger partial charge in [-0.25, -0.2) is 4.79 Å². The first-order valence-electron chi connectivity index (χ1n) is 9.37. The zero-order valence-corrected chi connectivity index (χ0v) is 16.6. The van der Waals surface area contributed by atoms with Crippen LogP contribution < -0.4 is 21.9 Å². The van der Waals surface area contributed by atoms with Gasteiger partial charge in [0, 0.05) is 13.0 Å². The third-order valence-corrected chi connectivity index (χ3v) is 4.60. The van der Waals surface area contributed by atoms with Gasteiger partial charge in [-0.05, 0) is 12.0 Å². The van der Waals surface area contributed by atoms with Crippen LogP contribution in [0.1, 0.15) is 32.3 Å². The lowest BCUT2D eigenvalue weighted by Crippen LogP contribution is -2.43. The van der Waals surface area contributed by atoms with E-state index in [0.29, 0.717) is 6.42 Å². The Morgan fingerprint density at radius 2 is 1.96 bits per heavy atom. The number of ether oxygens (including phenoxy) is 1. The van der Waals surface area contributed by atoms with Crippen molar-refractivity contribution in [3.63, 3.8) is 0 Å². The molecule has 1 atom stereocenters. The minimum absolute atomic E-state index is 0.00694. The highest BCUT2D eigenvalue weighted by molar-refractivity contribution is 5.96. The zero-order chi connectivity index (χ0) is 20.7. The molecule has 152 valence electrons. The number of benzene rings is 1. The number of nitrogens with two attached hydrogens (primary N) is 1. The molecule has 28 heavy (non-hydrogen) atoms. The molecular weight excluding hydrogens is 360 g/mol. The summed E-state index contributed by atoms with van der Waals surface area (Å²) in [5, 5.41) is 0. The van der Waals surface area contributed by atoms with Crippen molar-refractivity contribution in [2.45, 2.75) is 39.8 Å². The fraction of sp³-hybridized carbons (Fsp3) is 0.450. The number of nitrogens with zero attached hydrogens (tertiary/aromatic N) is 2. The van der Waals surface area contributed by atoms with E-state index in [9.17, 15) is 14.4 Å². The minimum Gasteiger partial charge on any atom is -0.383 e. The molecule has 0 aliphatic rings. The molecule has 1 aromatic carbocycles. The molecule has 1 amide bonds. The highest BCUT2D eigenvalue weighted by Crippen LogP contribution is 2.23. The summed E-state index contributed by atoms with van der Waals surface area (Å²) < 4.78 is 6.23. The number of carbonyl (C=O) groups is 1. The van der Waals surface area contributed by atoms with E-state index >= 15 is 0 Å². The van der Waals surface area contributed by atoms with Crippen LogP contribution in [-0.2, 0) is 22.6 Å². The van der Waals surface area contributed by atoms with Gasteiger partial charge in [0.25, 0.3) is 5.56 Å². The fourth-order valence-electron chi connectivity index (χ4n) is 3.10. The normalized spacial score (nSPS) is 12.0. The lowest BCUT2D eigenvalue weighted by Gasteiger charge is -2.27. The average Bonchev–Trinajstić information content (AvgIpc) is 2.67. The third-order valence-electron chi connectivity index (χ3n) is 4.60. The topological polar surface area (TPSA) is 110 Å². The highest BCUT2D eigenvalue weighted by atomic mass is 16.5. The molecule has 0 aliphatic carbocycles. The summed E-state index contributed by atoms with van der Waals surface area (Å²) in [6.07, 6.45) is 1.52. The number of aromatic nitrogens is 2. The molecule has 0 spiro atoms. The molecule has 8 nitrogen and oxygen atoms in total. The number of nitrogens with one attached hydrogen (secondary N) is 1. The summed E-state index contributed by atoms with van der Waals surface area (Å²) in [5.74, 6) is -0.537. The Bertz CT molecular complexity index is 905. The Hall–Kier alpha value is -2.87. The van der Waals surface area contributed by atoms with Crippen molar-refractivity contribution >= 4 is 17.4 Å². The number of aromatic amines is 1. The molecule has 0 fully saturated rings. The van der Waals surface area contributed by atoms with E-state index in [1.807, 2.05) is 44.2 Å². The van der Waals surface area contributed by atoms with Crippen molar-refractivity contribution in [1.29, 1.82) is 0 Å². The van der Waals surface area contributed by atoms with Gasteiger partial charge in [0.1, 0.15) is 5.82 Å². The summed E-state index contributed by atoms with van der Waals surface area (Å²) in [6.45, 7) is 4.42. The second-order valence-electron chi connectivity index (χ2n) is 6.74. The predicted octanol–water partition coefficient (Wildman–Crippen LogP) is 1.73. The van der Waals surface area contributed by atoms with Gasteiger partial charge in [-0.3, -0.25) is 24.0 Å². The van der Waals surface area contributed by atoms with Crippen molar-refractivity contribution in [1.82, 2.24) is 9.55 Å². The molecule has 1 unspecified atom stereocenters. The van der Waals surface area contributed by atoms with Crippen LogP contribution in [0.25, 0.3) is 0 Å². The summed E-state index contributed by atoms with van der Waals surface area (Å²) in [4.78, 5) is 41.6. The van der Waals surface area contributed by atoms with E-state index in [4.69, 9.17) is 10.5 Å². The Balaban J connectivity index is 2.57. The average molecular weight is 388 g/mol. The SMILES string of the molecule is CCCC(C)C(=O)N(Cc1ccccc1)c1c(N)n(CCOC)c(=O)[nH]c1=O. The Morgan fingerprint density at radius 1 is 1.29 bits per heavy atom. The summed E-state index contributed by atoms with van der Waals surface area (Å²) in [7, 11) is 1.51. The Morgan fingerprint density at radius 3 is 2.57 bits per heavy atom. The molecule has 0 aliphatic heterocycles. The zero-order valence-electron chi connectivity index (χ0n) is 16.6. The van der Waals surface area contributed by atoms with E-state index in [1.54, 1.807) is 0 Å². The van der Waals surface area contributed by atoms with Crippen molar-refractivity contribution in [3.05, 3.63) is 56.7 Å². The highest BCUT2D eigenvalue weighted by Gasteiger charge is 2.27. The molecule has 0 radical (unpaired) electrons. The van der Waals surface area contributed by atoms with E-state index < -0.39 is 11.2 Å². The fourth-order valence-corrected chi connectivity index (χ4v) is 3.10. The van der Waals surface area contributed by atoms with E-state index in [0.717, 1.165) is 12.0 Å². The first-order valence-corrected chi connectivity index (χ1v) is 9.37. The van der Waals surface area contributed by atoms with Crippen molar-refractivity contribution < 1.29 is 9.53 Å². The van der Waals surface area contributed by atoms with Crippen molar-refractivity contribution in [3.8, 4) is 0 Å². The van der Waals surface area contributed by atoms with Crippen LogP contribution in [0.2, 0.25) is 0 Å². The Labute approximate surface area is 163 Å². The smallest absolute Gasteiger partial charge is 0.330 e. The third kappa shape index (κ3) is 4.89. The largest absolute Gasteiger partial charge is 0.383 e. The molecule has 8 heteroatoms. The maximum absolute atomic E-state index is 13.2. The lowest BCUT2D eigenvalue weighted by molar-refractivity contribution is -0.122. The standard InChI is InChI=1S/C20H28N4O4/c1-4-8-14(2)19(26)24(13-15-9-6-5-7-10-15)16-17(21)23(11-12-28-3)20(27)22-18(16)25/h5-7,9-10,14H,4,8,11-13,21H2,1-3H3,(H,22,25,27). The summed E-state index contributed by atoms with van der Waals surface area (Å²) in [5.41, 5.74) is 5.73. The second-order valence-corrected chi connectivity index (χ2v) is 6.74. The quantitative estimate of drug-likeness (QED) is 0.680. The molecule has 2 aromatic rings. The van der Waals surface area contributed by atoms with Gasteiger partial charge < -0.3 is 10.5 Å². The van der Waals surface area contributed by atoms with E-state index in [2.05, 4.69) is 4.98 Å². The van der Waals surface area contributed by atoms with Crippen LogP contribution in [0.4, 0.5) is 11.5 Å². The van der Waals surface area contributed by atoms with Gasteiger partial charge in [-0.2, -0.15) is 0 Å². The monoisotopic (exact) mass is 388 g/mol. The number of hydrogen-bond donors (Lipinski definition) is 2. The van der Waals surface area contributed by atoms with Crippen LogP contribution in [0, 0.1) is 5.92 Å². The minimum atomic E-state index is -0.677. The van der Waals surface area contributed by atoms with Gasteiger partial charge in [0.2, 0.25) is 5.91 Å². The first kappa shape index (κ1) is 21.4. The van der Waals surface area contributed by atoms with E-state index in [1.165, 1.54) is 16.6 Å². The second kappa shape index (κ2) is 9.89. The number of nitrogen functional groups attached to an aromatic ring is 1. The molecule has 1 heterocycles. The van der Waals surface area contributed by atoms with E-state index in [-0.39, 0.29) is 43.0 Å². The summed E-state index contributed by atoms with van der Waals surface area (Å²) in [6, 6.07) is 9.34. The van der Waals surface area contributed by atoms with Crippen LogP contribution in [0.3, 0.4) is 0 Å². The molecule has 1 aromatic heterocycles. The molecule has 3 N–H and O–H groups in total. The molecular formula is C20H28N4O4. The number of H-pyrrole nitrogens is 1. The van der Waals surface area contributed by atoms with Gasteiger partial charge in [0.15, 0.2) is 5.69 Å². The van der Waals surface area contributed by atoms with Crippen molar-refractivity contribution in [2.24, 2.45) is 5.92 Å². The van der Waals surface area contributed by atoms with Gasteiger partial charge in [-0.15, -0.1) is 0 Å². The number of rotatable bonds is 9. The van der Waals surface area contributed by atoms with Crippen LogP contribution >= 0.6 is 0 Å². The lowest BCUT2D eigenvalue weighted by atomic mass is 10.0. The predicted molar refractivity (Wildman–Crippen MR) is 109 cm³/mol. The number of amides is 1. The number of hydrogen-bond acceptors (Lipinski definition) is 5. The molecule has 0 saturated carbocycles. The summed E-state index contributed by atoms with van der Waals surface area (Å²) >= 11 is 0. The number of methoxy groups -OCH3 is 1. The Kier molecular flexibility index (Phi) is 7.57. The van der Waals surface area contributed by atoms with Crippen LogP contribution in [0.5, 0.6) is 0 Å². The van der Waals surface area contributed by atoms with Crippen LogP contribution in [-0.4, -0.2) is 29.2 Å². The maximum atomic E-state index is 13.2. The molecule has 0 saturated heterocycles. The molecule has 2 rings (SSSR count). The maximum Gasteiger partial charge on any atom is 0.330 e. The number of carbonyl (C=O) groups excluding carboxylic acids is 1. The van der Waals surface area contributed by atoms with Gasteiger partial charge >= 0.3 is 5.69 Å².